The quantitative estimate of drug-likeness (QED) is 0.482. The molecule has 3 N–H and O–H groups in total. The molecule has 0 bridgehead atoms. The van der Waals surface area contributed by atoms with Crippen molar-refractivity contribution in [3.8, 4) is 5.75 Å². The molecule has 34 heavy (non-hydrogen) atoms. The van der Waals surface area contributed by atoms with E-state index < -0.39 is 11.8 Å². The van der Waals surface area contributed by atoms with E-state index in [1.54, 1.807) is 4.90 Å². The molecular formula is C24H29FN4O5. The molecule has 182 valence electrons. The second-order valence-corrected chi connectivity index (χ2v) is 8.45. The SMILES string of the molecule is COC(=O)N1CCC(COc2cc(C(=O)O)nc(Nc3ccc(F)cc3)c2C(=N)C(C)C)CC1. The highest BCUT2D eigenvalue weighted by Gasteiger charge is 2.26. The molecule has 0 atom stereocenters. The molecule has 1 fully saturated rings. The van der Waals surface area contributed by atoms with Crippen molar-refractivity contribution in [2.75, 3.05) is 32.1 Å². The molecule has 0 unspecified atom stereocenters. The van der Waals surface area contributed by atoms with Gasteiger partial charge in [0.25, 0.3) is 0 Å². The first kappa shape index (κ1) is 24.9. The van der Waals surface area contributed by atoms with Crippen molar-refractivity contribution in [3.63, 3.8) is 0 Å². The number of hydrogen-bond donors (Lipinski definition) is 3. The van der Waals surface area contributed by atoms with Crippen LogP contribution in [0.5, 0.6) is 5.75 Å². The van der Waals surface area contributed by atoms with Gasteiger partial charge in [-0.05, 0) is 48.9 Å². The highest BCUT2D eigenvalue weighted by molar-refractivity contribution is 6.07. The Morgan fingerprint density at radius 3 is 2.47 bits per heavy atom. The highest BCUT2D eigenvalue weighted by Crippen LogP contribution is 2.32. The summed E-state index contributed by atoms with van der Waals surface area (Å²) in [6.07, 6.45) is 1.07. The number of anilines is 2. The molecule has 0 spiro atoms. The molecule has 10 heteroatoms. The molecular weight excluding hydrogens is 443 g/mol. The van der Waals surface area contributed by atoms with E-state index in [0.29, 0.717) is 43.8 Å². The number of rotatable bonds is 8. The van der Waals surface area contributed by atoms with Crippen molar-refractivity contribution in [2.24, 2.45) is 11.8 Å². The number of likely N-dealkylation sites (tertiary alicyclic amines) is 1. The zero-order valence-corrected chi connectivity index (χ0v) is 19.4. The van der Waals surface area contributed by atoms with Crippen LogP contribution in [-0.4, -0.2) is 59.6 Å². The summed E-state index contributed by atoms with van der Waals surface area (Å²) in [5.74, 6) is -1.28. The third-order valence-corrected chi connectivity index (χ3v) is 5.68. The number of ether oxygens (including phenoxy) is 2. The summed E-state index contributed by atoms with van der Waals surface area (Å²) in [4.78, 5) is 29.3. The van der Waals surface area contributed by atoms with Crippen molar-refractivity contribution in [3.05, 3.63) is 47.4 Å². The number of nitrogens with one attached hydrogen (secondary N) is 2. The van der Waals surface area contributed by atoms with E-state index in [4.69, 9.17) is 14.9 Å². The van der Waals surface area contributed by atoms with Crippen molar-refractivity contribution >= 4 is 29.3 Å². The van der Waals surface area contributed by atoms with Gasteiger partial charge in [-0.15, -0.1) is 0 Å². The third kappa shape index (κ3) is 6.00. The molecule has 1 aromatic carbocycles. The fraction of sp³-hybridized carbons (Fsp3) is 0.417. The van der Waals surface area contributed by atoms with Crippen molar-refractivity contribution in [2.45, 2.75) is 26.7 Å². The maximum atomic E-state index is 13.3. The van der Waals surface area contributed by atoms with Crippen LogP contribution in [0.15, 0.2) is 30.3 Å². The summed E-state index contributed by atoms with van der Waals surface area (Å²) in [6.45, 7) is 5.09. The standard InChI is InChI=1S/C24H29FN4O5/c1-14(2)21(26)20-19(34-13-15-8-10-29(11-9-15)24(32)33-3)12-18(23(30)31)28-22(20)27-17-6-4-16(25)5-7-17/h4-7,12,14-15,26H,8-11,13H2,1-3H3,(H,27,28)(H,30,31). The average Bonchev–Trinajstić information content (AvgIpc) is 2.83. The molecule has 1 aromatic heterocycles. The smallest absolute Gasteiger partial charge is 0.409 e. The third-order valence-electron chi connectivity index (χ3n) is 5.68. The summed E-state index contributed by atoms with van der Waals surface area (Å²) in [5, 5.41) is 21.2. The minimum atomic E-state index is -1.24. The van der Waals surface area contributed by atoms with Gasteiger partial charge in [-0.1, -0.05) is 13.8 Å². The molecule has 0 aliphatic carbocycles. The van der Waals surface area contributed by atoms with E-state index in [-0.39, 0.29) is 40.9 Å². The lowest BCUT2D eigenvalue weighted by Gasteiger charge is -2.31. The van der Waals surface area contributed by atoms with Crippen LogP contribution in [0.4, 0.5) is 20.7 Å². The van der Waals surface area contributed by atoms with Crippen LogP contribution in [0.2, 0.25) is 0 Å². The van der Waals surface area contributed by atoms with Gasteiger partial charge in [0.1, 0.15) is 17.4 Å². The number of pyridine rings is 1. The van der Waals surface area contributed by atoms with Crippen molar-refractivity contribution in [1.82, 2.24) is 9.88 Å². The van der Waals surface area contributed by atoms with Crippen molar-refractivity contribution in [1.29, 1.82) is 5.41 Å². The Bertz CT molecular complexity index is 1050. The predicted octanol–water partition coefficient (Wildman–Crippen LogP) is 4.54. The predicted molar refractivity (Wildman–Crippen MR) is 125 cm³/mol. The lowest BCUT2D eigenvalue weighted by atomic mass is 9.97. The summed E-state index contributed by atoms with van der Waals surface area (Å²) in [7, 11) is 1.35. The van der Waals surface area contributed by atoms with E-state index in [1.165, 1.54) is 37.4 Å². The molecule has 1 aliphatic heterocycles. The number of benzene rings is 1. The van der Waals surface area contributed by atoms with Crippen LogP contribution in [-0.2, 0) is 4.74 Å². The van der Waals surface area contributed by atoms with E-state index in [0.717, 1.165) is 0 Å². The average molecular weight is 473 g/mol. The van der Waals surface area contributed by atoms with Gasteiger partial charge in [-0.3, -0.25) is 0 Å². The van der Waals surface area contributed by atoms with Gasteiger partial charge in [-0.25, -0.2) is 19.0 Å². The topological polar surface area (TPSA) is 125 Å². The molecule has 2 aromatic rings. The van der Waals surface area contributed by atoms with Gasteiger partial charge in [0.15, 0.2) is 5.69 Å². The monoisotopic (exact) mass is 472 g/mol. The number of nitrogens with zero attached hydrogens (tertiary/aromatic N) is 2. The first-order valence-corrected chi connectivity index (χ1v) is 11.0. The van der Waals surface area contributed by atoms with Crippen molar-refractivity contribution < 1.29 is 28.6 Å². The number of amides is 1. The van der Waals surface area contributed by atoms with Crippen LogP contribution < -0.4 is 10.1 Å². The fourth-order valence-electron chi connectivity index (χ4n) is 3.67. The minimum absolute atomic E-state index is 0.150. The van der Waals surface area contributed by atoms with Gasteiger partial charge in [0, 0.05) is 30.6 Å². The molecule has 1 amide bonds. The van der Waals surface area contributed by atoms with E-state index in [9.17, 15) is 19.1 Å². The summed E-state index contributed by atoms with van der Waals surface area (Å²) < 4.78 is 24.2. The lowest BCUT2D eigenvalue weighted by molar-refractivity contribution is 0.0690. The maximum Gasteiger partial charge on any atom is 0.409 e. The van der Waals surface area contributed by atoms with Crippen LogP contribution in [0, 0.1) is 23.1 Å². The first-order chi connectivity index (χ1) is 16.2. The Balaban J connectivity index is 1.89. The van der Waals surface area contributed by atoms with Gasteiger partial charge < -0.3 is 30.2 Å². The second-order valence-electron chi connectivity index (χ2n) is 8.45. The molecule has 3 rings (SSSR count). The second kappa shape index (κ2) is 11.0. The Morgan fingerprint density at radius 1 is 1.26 bits per heavy atom. The number of carboxylic acid groups (broad SMARTS) is 1. The number of piperidine rings is 1. The van der Waals surface area contributed by atoms with Crippen LogP contribution in [0.3, 0.4) is 0 Å². The van der Waals surface area contributed by atoms with Gasteiger partial charge >= 0.3 is 12.1 Å². The number of carboxylic acids is 1. The summed E-state index contributed by atoms with van der Waals surface area (Å²) in [6, 6.07) is 6.88. The van der Waals surface area contributed by atoms with Crippen LogP contribution in [0.1, 0.15) is 42.7 Å². The number of carbonyl (C=O) groups excluding carboxylic acids is 1. The summed E-state index contributed by atoms with van der Waals surface area (Å²) >= 11 is 0. The molecule has 9 nitrogen and oxygen atoms in total. The Morgan fingerprint density at radius 2 is 1.91 bits per heavy atom. The molecule has 0 saturated carbocycles. The lowest BCUT2D eigenvalue weighted by Crippen LogP contribution is -2.39. The Kier molecular flexibility index (Phi) is 8.04. The molecule has 1 saturated heterocycles. The minimum Gasteiger partial charge on any atom is -0.492 e. The Hall–Kier alpha value is -3.69. The number of aromatic carboxylic acids is 1. The van der Waals surface area contributed by atoms with Gasteiger partial charge in [-0.2, -0.15) is 0 Å². The van der Waals surface area contributed by atoms with E-state index in [1.807, 2.05) is 13.8 Å². The number of carbonyl (C=O) groups is 2. The summed E-state index contributed by atoms with van der Waals surface area (Å²) in [5.41, 5.74) is 0.844. The first-order valence-electron chi connectivity index (χ1n) is 11.0. The largest absolute Gasteiger partial charge is 0.492 e. The Labute approximate surface area is 197 Å². The highest BCUT2D eigenvalue weighted by atomic mass is 19.1. The number of hydrogen-bond acceptors (Lipinski definition) is 7. The van der Waals surface area contributed by atoms with Gasteiger partial charge in [0.2, 0.25) is 0 Å². The van der Waals surface area contributed by atoms with E-state index in [2.05, 4.69) is 10.3 Å². The normalized spacial score (nSPS) is 14.1. The van der Waals surface area contributed by atoms with E-state index >= 15 is 0 Å². The number of aromatic nitrogens is 1. The van der Waals surface area contributed by atoms with Gasteiger partial charge in [0.05, 0.1) is 19.3 Å². The fourth-order valence-corrected chi connectivity index (χ4v) is 3.67. The molecule has 1 aliphatic rings. The number of halogens is 1. The zero-order chi connectivity index (χ0) is 24.8. The molecule has 0 radical (unpaired) electrons. The molecule has 2 heterocycles. The van der Waals surface area contributed by atoms with Crippen LogP contribution in [0.25, 0.3) is 0 Å². The maximum absolute atomic E-state index is 13.3. The zero-order valence-electron chi connectivity index (χ0n) is 19.4. The number of methoxy groups -OCH3 is 1. The van der Waals surface area contributed by atoms with Crippen LogP contribution >= 0.6 is 0 Å².